The van der Waals surface area contributed by atoms with Gasteiger partial charge in [0.15, 0.2) is 21.3 Å². The summed E-state index contributed by atoms with van der Waals surface area (Å²) in [5.41, 5.74) is 0.613. The maximum Gasteiger partial charge on any atom is 0.155 e. The van der Waals surface area contributed by atoms with Gasteiger partial charge in [-0.25, -0.2) is 17.9 Å². The minimum absolute atomic E-state index is 0.105. The minimum Gasteiger partial charge on any atom is -0.506 e. The number of nitrogens with zero attached hydrogens (tertiary/aromatic N) is 3. The molecule has 1 aliphatic rings. The lowest BCUT2D eigenvalue weighted by Crippen LogP contribution is -2.05. The van der Waals surface area contributed by atoms with E-state index in [2.05, 4.69) is 10.1 Å². The van der Waals surface area contributed by atoms with E-state index < -0.39 is 9.84 Å². The molecule has 7 heteroatoms. The number of hydrogen-bond acceptors (Lipinski definition) is 5. The number of sulfone groups is 1. The summed E-state index contributed by atoms with van der Waals surface area (Å²) in [6, 6.07) is 3.18. The molecule has 2 aromatic heterocycles. The number of hydrogen-bond donors (Lipinski definition) is 1. The molecular formula is C10H11N3O3S. The van der Waals surface area contributed by atoms with E-state index in [-0.39, 0.29) is 23.2 Å². The fraction of sp³-hybridized carbons (Fsp3) is 0.400. The van der Waals surface area contributed by atoms with E-state index in [1.807, 2.05) is 0 Å². The molecule has 0 saturated carbocycles. The zero-order chi connectivity index (χ0) is 12.0. The van der Waals surface area contributed by atoms with Crippen molar-refractivity contribution in [3.8, 4) is 5.75 Å². The van der Waals surface area contributed by atoms with E-state index in [0.29, 0.717) is 17.9 Å². The molecule has 90 valence electrons. The van der Waals surface area contributed by atoms with E-state index in [1.165, 1.54) is 16.8 Å². The number of fused-ring (bicyclic) bond motifs is 1. The predicted molar refractivity (Wildman–Crippen MR) is 60.7 cm³/mol. The van der Waals surface area contributed by atoms with E-state index in [0.717, 1.165) is 0 Å². The van der Waals surface area contributed by atoms with Crippen LogP contribution in [-0.2, 0) is 9.84 Å². The Morgan fingerprint density at radius 2 is 2.24 bits per heavy atom. The smallest absolute Gasteiger partial charge is 0.155 e. The van der Waals surface area contributed by atoms with Gasteiger partial charge >= 0.3 is 0 Å². The molecule has 3 rings (SSSR count). The molecule has 3 heterocycles. The third-order valence-corrected chi connectivity index (χ3v) is 4.70. The third-order valence-electron chi connectivity index (χ3n) is 2.93. The summed E-state index contributed by atoms with van der Waals surface area (Å²) in [5.74, 6) is 0.848. The highest BCUT2D eigenvalue weighted by atomic mass is 32.2. The van der Waals surface area contributed by atoms with Crippen molar-refractivity contribution in [2.24, 2.45) is 0 Å². The van der Waals surface area contributed by atoms with Gasteiger partial charge < -0.3 is 5.11 Å². The monoisotopic (exact) mass is 253 g/mol. The molecule has 17 heavy (non-hydrogen) atoms. The fourth-order valence-electron chi connectivity index (χ4n) is 2.06. The Kier molecular flexibility index (Phi) is 2.12. The second kappa shape index (κ2) is 3.43. The summed E-state index contributed by atoms with van der Waals surface area (Å²) in [6.45, 7) is 0. The van der Waals surface area contributed by atoms with Crippen LogP contribution in [0.2, 0.25) is 0 Å². The summed E-state index contributed by atoms with van der Waals surface area (Å²) in [5, 5.41) is 13.5. The quantitative estimate of drug-likeness (QED) is 0.792. The van der Waals surface area contributed by atoms with Crippen molar-refractivity contribution >= 4 is 15.5 Å². The molecule has 1 aliphatic heterocycles. The first-order chi connectivity index (χ1) is 8.03. The minimum atomic E-state index is -2.93. The van der Waals surface area contributed by atoms with Crippen molar-refractivity contribution in [2.75, 3.05) is 11.5 Å². The highest BCUT2D eigenvalue weighted by Gasteiger charge is 2.31. The van der Waals surface area contributed by atoms with Gasteiger partial charge in [0.1, 0.15) is 5.75 Å². The molecular weight excluding hydrogens is 242 g/mol. The molecule has 2 aromatic rings. The van der Waals surface area contributed by atoms with Crippen LogP contribution >= 0.6 is 0 Å². The standard InChI is InChI=1S/C10H11N3O3S/c14-8-1-2-9-11-10(12-13(9)5-8)7-3-4-17(15,16)6-7/h1-2,5,7,14H,3-4,6H2. The fourth-order valence-corrected chi connectivity index (χ4v) is 3.80. The molecule has 1 N–H and O–H groups in total. The van der Waals surface area contributed by atoms with Crippen LogP contribution in [0.15, 0.2) is 18.3 Å². The number of pyridine rings is 1. The van der Waals surface area contributed by atoms with Gasteiger partial charge in [-0.1, -0.05) is 0 Å². The van der Waals surface area contributed by atoms with Crippen LogP contribution < -0.4 is 0 Å². The lowest BCUT2D eigenvalue weighted by atomic mass is 10.1. The summed E-state index contributed by atoms with van der Waals surface area (Å²) in [7, 11) is -2.93. The summed E-state index contributed by atoms with van der Waals surface area (Å²) >= 11 is 0. The zero-order valence-corrected chi connectivity index (χ0v) is 9.76. The van der Waals surface area contributed by atoms with E-state index >= 15 is 0 Å². The van der Waals surface area contributed by atoms with Gasteiger partial charge in [0.2, 0.25) is 0 Å². The topological polar surface area (TPSA) is 84.6 Å². The first kappa shape index (κ1) is 10.5. The molecule has 1 unspecified atom stereocenters. The van der Waals surface area contributed by atoms with E-state index in [9.17, 15) is 13.5 Å². The first-order valence-electron chi connectivity index (χ1n) is 5.29. The van der Waals surface area contributed by atoms with Crippen molar-refractivity contribution in [3.63, 3.8) is 0 Å². The van der Waals surface area contributed by atoms with Crippen LogP contribution in [-0.4, -0.2) is 39.6 Å². The number of aromatic hydroxyl groups is 1. The lowest BCUT2D eigenvalue weighted by Gasteiger charge is -1.98. The molecule has 1 saturated heterocycles. The van der Waals surface area contributed by atoms with Gasteiger partial charge in [0, 0.05) is 5.92 Å². The second-order valence-corrected chi connectivity index (χ2v) is 6.49. The SMILES string of the molecule is O=S1(=O)CCC(c2nc3ccc(O)cn3n2)C1. The van der Waals surface area contributed by atoms with Gasteiger partial charge in [-0.15, -0.1) is 0 Å². The third kappa shape index (κ3) is 1.86. The van der Waals surface area contributed by atoms with Crippen LogP contribution in [0.3, 0.4) is 0 Å². The van der Waals surface area contributed by atoms with Gasteiger partial charge in [0.25, 0.3) is 0 Å². The first-order valence-corrected chi connectivity index (χ1v) is 7.11. The van der Waals surface area contributed by atoms with Gasteiger partial charge in [0.05, 0.1) is 17.7 Å². The normalized spacial score (nSPS) is 23.2. The largest absolute Gasteiger partial charge is 0.506 e. The van der Waals surface area contributed by atoms with Gasteiger partial charge in [-0.2, -0.15) is 5.10 Å². The summed E-state index contributed by atoms with van der Waals surface area (Å²) in [4.78, 5) is 4.28. The van der Waals surface area contributed by atoms with Crippen molar-refractivity contribution in [1.29, 1.82) is 0 Å². The average Bonchev–Trinajstić information content (AvgIpc) is 2.80. The van der Waals surface area contributed by atoms with Crippen molar-refractivity contribution < 1.29 is 13.5 Å². The lowest BCUT2D eigenvalue weighted by molar-refractivity contribution is 0.470. The summed E-state index contributed by atoms with van der Waals surface area (Å²) < 4.78 is 24.2. The molecule has 0 amide bonds. The predicted octanol–water partition coefficient (Wildman–Crippen LogP) is 0.337. The highest BCUT2D eigenvalue weighted by Crippen LogP contribution is 2.27. The van der Waals surface area contributed by atoms with Crippen LogP contribution in [0.5, 0.6) is 5.75 Å². The molecule has 6 nitrogen and oxygen atoms in total. The molecule has 0 spiro atoms. The molecule has 1 atom stereocenters. The average molecular weight is 253 g/mol. The number of aromatic nitrogens is 3. The van der Waals surface area contributed by atoms with Crippen LogP contribution in [0, 0.1) is 0 Å². The Labute approximate surface area is 97.8 Å². The Hall–Kier alpha value is -1.63. The highest BCUT2D eigenvalue weighted by molar-refractivity contribution is 7.91. The van der Waals surface area contributed by atoms with Gasteiger partial charge in [-0.05, 0) is 18.6 Å². The van der Waals surface area contributed by atoms with Crippen LogP contribution in [0.4, 0.5) is 0 Å². The molecule has 0 bridgehead atoms. The molecule has 1 fully saturated rings. The molecule has 0 radical (unpaired) electrons. The summed E-state index contributed by atoms with van der Waals surface area (Å²) in [6.07, 6.45) is 2.03. The van der Waals surface area contributed by atoms with Crippen molar-refractivity contribution in [2.45, 2.75) is 12.3 Å². The second-order valence-electron chi connectivity index (χ2n) is 4.26. The Balaban J connectivity index is 2.02. The molecule has 0 aliphatic carbocycles. The van der Waals surface area contributed by atoms with Gasteiger partial charge in [-0.3, -0.25) is 0 Å². The van der Waals surface area contributed by atoms with Crippen molar-refractivity contribution in [3.05, 3.63) is 24.2 Å². The van der Waals surface area contributed by atoms with Crippen molar-refractivity contribution in [1.82, 2.24) is 14.6 Å². The van der Waals surface area contributed by atoms with E-state index in [4.69, 9.17) is 0 Å². The van der Waals surface area contributed by atoms with E-state index in [1.54, 1.807) is 6.07 Å². The molecule has 0 aromatic carbocycles. The maximum absolute atomic E-state index is 11.4. The maximum atomic E-state index is 11.4. The Bertz CT molecular complexity index is 677. The zero-order valence-electron chi connectivity index (χ0n) is 8.94. The Morgan fingerprint density at radius 1 is 1.41 bits per heavy atom. The number of rotatable bonds is 1. The van der Waals surface area contributed by atoms with Crippen LogP contribution in [0.25, 0.3) is 5.65 Å². The van der Waals surface area contributed by atoms with Crippen LogP contribution in [0.1, 0.15) is 18.2 Å². The Morgan fingerprint density at radius 3 is 2.94 bits per heavy atom.